The highest BCUT2D eigenvalue weighted by molar-refractivity contribution is 5.95. The summed E-state index contributed by atoms with van der Waals surface area (Å²) in [6.07, 6.45) is 7.92. The standard InChI is InChI=1S/C17H19N3O/c21-17(20-15-8-4-5-9-15)13-10-16(12-18-11-13)19-14-6-2-1-3-7-14/h1-3,6-7,10-12,15,19H,4-5,8-9H2,(H,20,21). The van der Waals surface area contributed by atoms with Crippen LogP contribution in [-0.4, -0.2) is 16.9 Å². The molecule has 4 nitrogen and oxygen atoms in total. The van der Waals surface area contributed by atoms with Crippen molar-refractivity contribution in [2.24, 2.45) is 0 Å². The molecule has 1 saturated carbocycles. The van der Waals surface area contributed by atoms with Gasteiger partial charge in [0.15, 0.2) is 0 Å². The van der Waals surface area contributed by atoms with Crippen LogP contribution < -0.4 is 10.6 Å². The van der Waals surface area contributed by atoms with Crippen LogP contribution in [0.25, 0.3) is 0 Å². The summed E-state index contributed by atoms with van der Waals surface area (Å²) < 4.78 is 0. The number of hydrogen-bond acceptors (Lipinski definition) is 3. The Labute approximate surface area is 124 Å². The molecule has 0 aliphatic heterocycles. The summed E-state index contributed by atoms with van der Waals surface area (Å²) in [4.78, 5) is 16.4. The average molecular weight is 281 g/mol. The minimum Gasteiger partial charge on any atom is -0.354 e. The van der Waals surface area contributed by atoms with Gasteiger partial charge in [0.05, 0.1) is 17.4 Å². The van der Waals surface area contributed by atoms with Crippen molar-refractivity contribution in [1.29, 1.82) is 0 Å². The fourth-order valence-corrected chi connectivity index (χ4v) is 2.66. The van der Waals surface area contributed by atoms with E-state index >= 15 is 0 Å². The maximum Gasteiger partial charge on any atom is 0.253 e. The Morgan fingerprint density at radius 2 is 1.81 bits per heavy atom. The number of anilines is 2. The molecule has 3 rings (SSSR count). The molecule has 0 radical (unpaired) electrons. The van der Waals surface area contributed by atoms with Gasteiger partial charge in [-0.05, 0) is 31.0 Å². The van der Waals surface area contributed by atoms with E-state index in [0.29, 0.717) is 11.6 Å². The predicted molar refractivity (Wildman–Crippen MR) is 83.7 cm³/mol. The Hall–Kier alpha value is -2.36. The maximum atomic E-state index is 12.2. The highest BCUT2D eigenvalue weighted by atomic mass is 16.1. The summed E-state index contributed by atoms with van der Waals surface area (Å²) >= 11 is 0. The monoisotopic (exact) mass is 281 g/mol. The fourth-order valence-electron chi connectivity index (χ4n) is 2.66. The summed E-state index contributed by atoms with van der Waals surface area (Å²) in [6.45, 7) is 0. The summed E-state index contributed by atoms with van der Waals surface area (Å²) in [7, 11) is 0. The first-order chi connectivity index (χ1) is 10.3. The van der Waals surface area contributed by atoms with Gasteiger partial charge in [0, 0.05) is 17.9 Å². The van der Waals surface area contributed by atoms with E-state index in [4.69, 9.17) is 0 Å². The van der Waals surface area contributed by atoms with Crippen molar-refractivity contribution in [3.8, 4) is 0 Å². The molecule has 21 heavy (non-hydrogen) atoms. The summed E-state index contributed by atoms with van der Waals surface area (Å²) in [5.41, 5.74) is 2.40. The Balaban J connectivity index is 1.69. The molecule has 1 amide bonds. The van der Waals surface area contributed by atoms with Crippen LogP contribution in [0.4, 0.5) is 11.4 Å². The number of benzene rings is 1. The molecule has 1 fully saturated rings. The number of para-hydroxylation sites is 1. The summed E-state index contributed by atoms with van der Waals surface area (Å²) in [6, 6.07) is 12.0. The highest BCUT2D eigenvalue weighted by Gasteiger charge is 2.18. The number of hydrogen-bond donors (Lipinski definition) is 2. The molecule has 0 bridgehead atoms. The van der Waals surface area contributed by atoms with Crippen molar-refractivity contribution < 1.29 is 4.79 Å². The molecule has 108 valence electrons. The molecule has 1 aliphatic carbocycles. The van der Waals surface area contributed by atoms with E-state index < -0.39 is 0 Å². The largest absolute Gasteiger partial charge is 0.354 e. The van der Waals surface area contributed by atoms with Crippen LogP contribution in [0.5, 0.6) is 0 Å². The zero-order chi connectivity index (χ0) is 14.5. The third-order valence-electron chi connectivity index (χ3n) is 3.75. The van der Waals surface area contributed by atoms with Gasteiger partial charge in [0.1, 0.15) is 0 Å². The molecule has 1 heterocycles. The van der Waals surface area contributed by atoms with Crippen molar-refractivity contribution in [1.82, 2.24) is 10.3 Å². The molecule has 2 N–H and O–H groups in total. The molecular formula is C17H19N3O. The van der Waals surface area contributed by atoms with Gasteiger partial charge in [0.2, 0.25) is 0 Å². The van der Waals surface area contributed by atoms with E-state index in [2.05, 4.69) is 15.6 Å². The number of pyridine rings is 1. The number of carbonyl (C=O) groups is 1. The zero-order valence-electron chi connectivity index (χ0n) is 11.9. The number of nitrogens with one attached hydrogen (secondary N) is 2. The molecule has 2 aromatic rings. The van der Waals surface area contributed by atoms with E-state index in [0.717, 1.165) is 24.2 Å². The Morgan fingerprint density at radius 3 is 2.57 bits per heavy atom. The second kappa shape index (κ2) is 6.39. The molecule has 0 unspecified atom stereocenters. The van der Waals surface area contributed by atoms with Crippen LogP contribution in [0.3, 0.4) is 0 Å². The SMILES string of the molecule is O=C(NC1CCCC1)c1cncc(Nc2ccccc2)c1. The van der Waals surface area contributed by atoms with E-state index in [9.17, 15) is 4.79 Å². The molecule has 1 aromatic carbocycles. The van der Waals surface area contributed by atoms with Gasteiger partial charge in [-0.3, -0.25) is 9.78 Å². The van der Waals surface area contributed by atoms with E-state index in [1.807, 2.05) is 36.4 Å². The molecular weight excluding hydrogens is 262 g/mol. The molecule has 0 spiro atoms. The fraction of sp³-hybridized carbons (Fsp3) is 0.294. The van der Waals surface area contributed by atoms with E-state index in [-0.39, 0.29) is 5.91 Å². The molecule has 0 atom stereocenters. The summed E-state index contributed by atoms with van der Waals surface area (Å²) in [5, 5.41) is 6.33. The summed E-state index contributed by atoms with van der Waals surface area (Å²) in [5.74, 6) is -0.0360. The number of aromatic nitrogens is 1. The van der Waals surface area contributed by atoms with Crippen LogP contribution in [0.2, 0.25) is 0 Å². The molecule has 1 aliphatic rings. The van der Waals surface area contributed by atoms with Crippen LogP contribution in [0, 0.1) is 0 Å². The first kappa shape index (κ1) is 13.6. The first-order valence-electron chi connectivity index (χ1n) is 7.39. The quantitative estimate of drug-likeness (QED) is 0.902. The van der Waals surface area contributed by atoms with Crippen LogP contribution in [0.15, 0.2) is 48.8 Å². The van der Waals surface area contributed by atoms with Crippen molar-refractivity contribution >= 4 is 17.3 Å². The lowest BCUT2D eigenvalue weighted by Crippen LogP contribution is -2.32. The van der Waals surface area contributed by atoms with Crippen molar-refractivity contribution in [2.45, 2.75) is 31.7 Å². The van der Waals surface area contributed by atoms with Crippen LogP contribution >= 0.6 is 0 Å². The lowest BCUT2D eigenvalue weighted by molar-refractivity contribution is 0.0937. The van der Waals surface area contributed by atoms with Gasteiger partial charge in [-0.2, -0.15) is 0 Å². The van der Waals surface area contributed by atoms with Crippen LogP contribution in [-0.2, 0) is 0 Å². The lowest BCUT2D eigenvalue weighted by Gasteiger charge is -2.12. The predicted octanol–water partition coefficient (Wildman–Crippen LogP) is 3.50. The average Bonchev–Trinajstić information content (AvgIpc) is 3.01. The van der Waals surface area contributed by atoms with Gasteiger partial charge in [0.25, 0.3) is 5.91 Å². The van der Waals surface area contributed by atoms with Crippen molar-refractivity contribution in [3.05, 3.63) is 54.4 Å². The lowest BCUT2D eigenvalue weighted by atomic mass is 10.2. The minimum absolute atomic E-state index is 0.0360. The van der Waals surface area contributed by atoms with E-state index in [1.54, 1.807) is 12.4 Å². The Bertz CT molecular complexity index is 606. The topological polar surface area (TPSA) is 54.0 Å². The number of carbonyl (C=O) groups excluding carboxylic acids is 1. The zero-order valence-corrected chi connectivity index (χ0v) is 11.9. The number of amides is 1. The van der Waals surface area contributed by atoms with Gasteiger partial charge < -0.3 is 10.6 Å². The van der Waals surface area contributed by atoms with Crippen molar-refractivity contribution in [2.75, 3.05) is 5.32 Å². The van der Waals surface area contributed by atoms with Crippen LogP contribution in [0.1, 0.15) is 36.0 Å². The molecule has 1 aromatic heterocycles. The second-order valence-electron chi connectivity index (χ2n) is 5.41. The Kier molecular flexibility index (Phi) is 4.15. The number of rotatable bonds is 4. The third-order valence-corrected chi connectivity index (χ3v) is 3.75. The minimum atomic E-state index is -0.0360. The van der Waals surface area contributed by atoms with Gasteiger partial charge in [-0.15, -0.1) is 0 Å². The maximum absolute atomic E-state index is 12.2. The highest BCUT2D eigenvalue weighted by Crippen LogP contribution is 2.19. The molecule has 4 heteroatoms. The number of nitrogens with zero attached hydrogens (tertiary/aromatic N) is 1. The first-order valence-corrected chi connectivity index (χ1v) is 7.39. The second-order valence-corrected chi connectivity index (χ2v) is 5.41. The van der Waals surface area contributed by atoms with Crippen molar-refractivity contribution in [3.63, 3.8) is 0 Å². The van der Waals surface area contributed by atoms with Gasteiger partial charge >= 0.3 is 0 Å². The Morgan fingerprint density at radius 1 is 1.05 bits per heavy atom. The van der Waals surface area contributed by atoms with Gasteiger partial charge in [-0.1, -0.05) is 31.0 Å². The van der Waals surface area contributed by atoms with Gasteiger partial charge in [-0.25, -0.2) is 0 Å². The smallest absolute Gasteiger partial charge is 0.253 e. The van der Waals surface area contributed by atoms with E-state index in [1.165, 1.54) is 12.8 Å². The molecule has 0 saturated heterocycles. The third kappa shape index (κ3) is 3.60. The normalized spacial score (nSPS) is 14.9.